The summed E-state index contributed by atoms with van der Waals surface area (Å²) in [6.45, 7) is 2.83. The molecule has 5 nitrogen and oxygen atoms in total. The summed E-state index contributed by atoms with van der Waals surface area (Å²) < 4.78 is 7.92. The number of aromatic nitrogens is 2. The molecule has 0 spiro atoms. The summed E-state index contributed by atoms with van der Waals surface area (Å²) in [5, 5.41) is 3.37. The van der Waals surface area contributed by atoms with Gasteiger partial charge in [-0.2, -0.15) is 8.75 Å². The lowest BCUT2D eigenvalue weighted by atomic mass is 9.92. The first-order valence-electron chi connectivity index (χ1n) is 5.65. The molecule has 0 saturated carbocycles. The van der Waals surface area contributed by atoms with Gasteiger partial charge in [0.15, 0.2) is 5.69 Å². The van der Waals surface area contributed by atoms with Crippen LogP contribution in [0.15, 0.2) is 6.20 Å². The quantitative estimate of drug-likeness (QED) is 0.767. The molecule has 2 aliphatic heterocycles. The Morgan fingerprint density at radius 2 is 2.50 bits per heavy atom. The van der Waals surface area contributed by atoms with Crippen molar-refractivity contribution in [3.63, 3.8) is 0 Å². The molecule has 86 valence electrons. The van der Waals surface area contributed by atoms with E-state index in [0.717, 1.165) is 37.8 Å². The summed E-state index contributed by atoms with van der Waals surface area (Å²) in [6.07, 6.45) is 3.90. The summed E-state index contributed by atoms with van der Waals surface area (Å²) >= 11 is 1.09. The van der Waals surface area contributed by atoms with Crippen molar-refractivity contribution < 1.29 is 4.79 Å². The van der Waals surface area contributed by atoms with E-state index >= 15 is 0 Å². The highest BCUT2D eigenvalue weighted by molar-refractivity contribution is 6.99. The molecule has 6 heteroatoms. The van der Waals surface area contributed by atoms with Crippen molar-refractivity contribution in [2.45, 2.75) is 18.9 Å². The van der Waals surface area contributed by atoms with E-state index in [2.05, 4.69) is 14.1 Å². The minimum atomic E-state index is 0.0483. The van der Waals surface area contributed by atoms with E-state index in [4.69, 9.17) is 0 Å². The first-order valence-corrected chi connectivity index (χ1v) is 6.38. The van der Waals surface area contributed by atoms with Crippen LogP contribution in [0.1, 0.15) is 23.3 Å². The molecule has 2 saturated heterocycles. The maximum atomic E-state index is 12.2. The lowest BCUT2D eigenvalue weighted by Gasteiger charge is -2.36. The number of hydrogen-bond acceptors (Lipinski definition) is 5. The molecule has 1 aromatic heterocycles. The van der Waals surface area contributed by atoms with Crippen molar-refractivity contribution >= 4 is 17.6 Å². The third-order valence-corrected chi connectivity index (χ3v) is 4.00. The van der Waals surface area contributed by atoms with Crippen molar-refractivity contribution in [3.05, 3.63) is 11.9 Å². The minimum absolute atomic E-state index is 0.0483. The molecule has 2 atom stereocenters. The van der Waals surface area contributed by atoms with Crippen molar-refractivity contribution in [2.24, 2.45) is 5.92 Å². The predicted molar refractivity (Wildman–Crippen MR) is 60.3 cm³/mol. The van der Waals surface area contributed by atoms with Crippen molar-refractivity contribution in [1.82, 2.24) is 19.0 Å². The smallest absolute Gasteiger partial charge is 0.275 e. The van der Waals surface area contributed by atoms with Crippen molar-refractivity contribution in [3.8, 4) is 0 Å². The minimum Gasteiger partial charge on any atom is -0.333 e. The van der Waals surface area contributed by atoms with Crippen LogP contribution >= 0.6 is 11.7 Å². The Balaban J connectivity index is 1.80. The van der Waals surface area contributed by atoms with Crippen molar-refractivity contribution in [2.75, 3.05) is 19.6 Å². The summed E-state index contributed by atoms with van der Waals surface area (Å²) in [5.74, 6) is 0.677. The molecule has 2 fully saturated rings. The lowest BCUT2D eigenvalue weighted by molar-refractivity contribution is 0.0570. The molecule has 0 aliphatic carbocycles. The highest BCUT2D eigenvalue weighted by Gasteiger charge is 2.38. The largest absolute Gasteiger partial charge is 0.333 e. The Kier molecular flexibility index (Phi) is 2.61. The van der Waals surface area contributed by atoms with Gasteiger partial charge in [0, 0.05) is 25.7 Å². The maximum absolute atomic E-state index is 12.2. The Morgan fingerprint density at radius 1 is 1.56 bits per heavy atom. The molecule has 0 bridgehead atoms. The van der Waals surface area contributed by atoms with Gasteiger partial charge >= 0.3 is 0 Å². The lowest BCUT2D eigenvalue weighted by Crippen LogP contribution is -2.48. The van der Waals surface area contributed by atoms with Gasteiger partial charge in [0.1, 0.15) is 0 Å². The van der Waals surface area contributed by atoms with Crippen molar-refractivity contribution in [1.29, 1.82) is 0 Å². The molecule has 2 aliphatic rings. The monoisotopic (exact) mass is 238 g/mol. The van der Waals surface area contributed by atoms with Crippen LogP contribution in [0, 0.1) is 5.92 Å². The highest BCUT2D eigenvalue weighted by Crippen LogP contribution is 2.27. The molecule has 16 heavy (non-hydrogen) atoms. The second-order valence-corrected chi connectivity index (χ2v) is 4.98. The summed E-state index contributed by atoms with van der Waals surface area (Å²) in [5.41, 5.74) is 0.498. The predicted octanol–water partition coefficient (Wildman–Crippen LogP) is 0.362. The SMILES string of the molecule is O=C(c1cnsn1)N1CCCC2CNCC21. The number of carbonyl (C=O) groups is 1. The number of nitrogens with one attached hydrogen (secondary N) is 1. The molecule has 3 rings (SSSR count). The zero-order valence-corrected chi connectivity index (χ0v) is 9.74. The van der Waals surface area contributed by atoms with E-state index in [1.54, 1.807) is 6.20 Å². The molecular formula is C10H14N4OS. The number of amides is 1. The van der Waals surface area contributed by atoms with Gasteiger partial charge < -0.3 is 10.2 Å². The molecule has 1 amide bonds. The average molecular weight is 238 g/mol. The zero-order chi connectivity index (χ0) is 11.0. The van der Waals surface area contributed by atoms with E-state index in [1.807, 2.05) is 4.90 Å². The zero-order valence-electron chi connectivity index (χ0n) is 8.93. The van der Waals surface area contributed by atoms with Crippen LogP contribution in [-0.2, 0) is 0 Å². The van der Waals surface area contributed by atoms with Crippen LogP contribution < -0.4 is 5.32 Å². The number of nitrogens with zero attached hydrogens (tertiary/aromatic N) is 3. The summed E-state index contributed by atoms with van der Waals surface area (Å²) in [7, 11) is 0. The fraction of sp³-hybridized carbons (Fsp3) is 0.700. The number of rotatable bonds is 1. The first kappa shape index (κ1) is 10.2. The third kappa shape index (κ3) is 1.62. The van der Waals surface area contributed by atoms with E-state index < -0.39 is 0 Å². The van der Waals surface area contributed by atoms with Gasteiger partial charge in [-0.3, -0.25) is 4.79 Å². The number of carbonyl (C=O) groups excluding carboxylic acids is 1. The molecule has 2 unspecified atom stereocenters. The highest BCUT2D eigenvalue weighted by atomic mass is 32.1. The van der Waals surface area contributed by atoms with Crippen LogP contribution in [0.25, 0.3) is 0 Å². The fourth-order valence-electron chi connectivity index (χ4n) is 2.73. The standard InChI is InChI=1S/C10H14N4OS/c15-10(8-5-12-16-13-8)14-3-1-2-7-4-11-6-9(7)14/h5,7,9,11H,1-4,6H2. The Morgan fingerprint density at radius 3 is 3.31 bits per heavy atom. The fourth-order valence-corrected chi connectivity index (χ4v) is 3.13. The molecule has 3 heterocycles. The Bertz CT molecular complexity index is 380. The van der Waals surface area contributed by atoms with E-state index in [-0.39, 0.29) is 5.91 Å². The number of fused-ring (bicyclic) bond motifs is 1. The number of hydrogen-bond donors (Lipinski definition) is 1. The maximum Gasteiger partial charge on any atom is 0.275 e. The van der Waals surface area contributed by atoms with Gasteiger partial charge in [0.25, 0.3) is 5.91 Å². The second kappa shape index (κ2) is 4.10. The van der Waals surface area contributed by atoms with E-state index in [0.29, 0.717) is 17.7 Å². The molecule has 1 aromatic rings. The topological polar surface area (TPSA) is 58.1 Å². The normalized spacial score (nSPS) is 29.1. The van der Waals surface area contributed by atoms with Gasteiger partial charge in [-0.15, -0.1) is 0 Å². The van der Waals surface area contributed by atoms with Gasteiger partial charge in [-0.05, 0) is 18.8 Å². The first-order chi connectivity index (χ1) is 7.86. The van der Waals surface area contributed by atoms with Crippen LogP contribution in [0.2, 0.25) is 0 Å². The summed E-state index contributed by atoms with van der Waals surface area (Å²) in [4.78, 5) is 14.2. The van der Waals surface area contributed by atoms with E-state index in [9.17, 15) is 4.79 Å². The molecular weight excluding hydrogens is 224 g/mol. The van der Waals surface area contributed by atoms with Gasteiger partial charge in [0.05, 0.1) is 17.9 Å². The number of likely N-dealkylation sites (tertiary alicyclic amines) is 1. The van der Waals surface area contributed by atoms with Gasteiger partial charge in [-0.1, -0.05) is 0 Å². The van der Waals surface area contributed by atoms with E-state index in [1.165, 1.54) is 6.42 Å². The third-order valence-electron chi connectivity index (χ3n) is 3.52. The molecule has 1 N–H and O–H groups in total. The van der Waals surface area contributed by atoms with Crippen LogP contribution in [0.4, 0.5) is 0 Å². The Hall–Kier alpha value is -1.01. The van der Waals surface area contributed by atoms with Gasteiger partial charge in [-0.25, -0.2) is 0 Å². The van der Waals surface area contributed by atoms with Crippen LogP contribution in [0.5, 0.6) is 0 Å². The second-order valence-electron chi connectivity index (χ2n) is 4.42. The molecule has 0 aromatic carbocycles. The van der Waals surface area contributed by atoms with Gasteiger partial charge in [0.2, 0.25) is 0 Å². The average Bonchev–Trinajstić information content (AvgIpc) is 2.98. The molecule has 0 radical (unpaired) electrons. The Labute approximate surface area is 98.2 Å². The number of piperidine rings is 1. The van der Waals surface area contributed by atoms with Crippen LogP contribution in [-0.4, -0.2) is 45.2 Å². The van der Waals surface area contributed by atoms with Crippen LogP contribution in [0.3, 0.4) is 0 Å². The summed E-state index contributed by atoms with van der Waals surface area (Å²) in [6, 6.07) is 0.364.